The van der Waals surface area contributed by atoms with Gasteiger partial charge >= 0.3 is 0 Å². The Kier molecular flexibility index (Phi) is 3.61. The summed E-state index contributed by atoms with van der Waals surface area (Å²) in [6, 6.07) is 0. The smallest absolute Gasteiger partial charge is 0.205 e. The number of aromatic nitrogens is 2. The fourth-order valence-corrected chi connectivity index (χ4v) is 2.83. The summed E-state index contributed by atoms with van der Waals surface area (Å²) in [5.41, 5.74) is 5.53. The van der Waals surface area contributed by atoms with Crippen LogP contribution in [0.5, 0.6) is 0 Å². The van der Waals surface area contributed by atoms with E-state index in [1.807, 2.05) is 0 Å². The van der Waals surface area contributed by atoms with Crippen LogP contribution in [0.15, 0.2) is 0 Å². The Bertz CT molecular complexity index is 392. The second kappa shape index (κ2) is 5.00. The third-order valence-corrected chi connectivity index (χ3v) is 3.94. The summed E-state index contributed by atoms with van der Waals surface area (Å²) in [5, 5.41) is 8.46. The van der Waals surface area contributed by atoms with Crippen molar-refractivity contribution in [1.29, 1.82) is 5.41 Å². The molecule has 0 amide bonds. The lowest BCUT2D eigenvalue weighted by Gasteiger charge is -2.30. The number of hydrogen-bond donors (Lipinski definition) is 2. The van der Waals surface area contributed by atoms with Crippen LogP contribution >= 0.6 is 11.5 Å². The highest BCUT2D eigenvalue weighted by molar-refractivity contribution is 7.09. The van der Waals surface area contributed by atoms with E-state index in [0.29, 0.717) is 11.8 Å². The summed E-state index contributed by atoms with van der Waals surface area (Å²) in [7, 11) is 0. The average molecular weight is 253 g/mol. The molecule has 0 aromatic carbocycles. The van der Waals surface area contributed by atoms with Crippen molar-refractivity contribution in [3.63, 3.8) is 0 Å². The SMILES string of the molecule is CC(C)c1nsc(N2CCC(C(=N)N)CC2)n1. The van der Waals surface area contributed by atoms with E-state index in [1.165, 1.54) is 11.5 Å². The molecule has 3 N–H and O–H groups in total. The highest BCUT2D eigenvalue weighted by atomic mass is 32.1. The van der Waals surface area contributed by atoms with Gasteiger partial charge in [0.05, 0.1) is 5.84 Å². The fraction of sp³-hybridized carbons (Fsp3) is 0.727. The van der Waals surface area contributed by atoms with Gasteiger partial charge in [-0.3, -0.25) is 5.41 Å². The first kappa shape index (κ1) is 12.3. The average Bonchev–Trinajstić information content (AvgIpc) is 2.78. The van der Waals surface area contributed by atoms with Crippen LogP contribution in [-0.2, 0) is 0 Å². The van der Waals surface area contributed by atoms with Gasteiger partial charge in [-0.05, 0) is 12.8 Å². The molecule has 1 aliphatic heterocycles. The molecule has 0 unspecified atom stereocenters. The quantitative estimate of drug-likeness (QED) is 0.636. The Morgan fingerprint density at radius 3 is 2.59 bits per heavy atom. The maximum Gasteiger partial charge on any atom is 0.205 e. The summed E-state index contributed by atoms with van der Waals surface area (Å²) in [4.78, 5) is 6.80. The van der Waals surface area contributed by atoms with E-state index >= 15 is 0 Å². The number of nitrogens with one attached hydrogen (secondary N) is 1. The highest BCUT2D eigenvalue weighted by Crippen LogP contribution is 2.26. The van der Waals surface area contributed by atoms with Gasteiger partial charge in [0, 0.05) is 36.5 Å². The van der Waals surface area contributed by atoms with Gasteiger partial charge in [0.15, 0.2) is 0 Å². The molecule has 1 saturated heterocycles. The third kappa shape index (κ3) is 2.74. The van der Waals surface area contributed by atoms with Crippen molar-refractivity contribution in [2.45, 2.75) is 32.6 Å². The number of rotatable bonds is 3. The number of nitrogens with zero attached hydrogens (tertiary/aromatic N) is 3. The molecule has 94 valence electrons. The molecule has 0 saturated carbocycles. The lowest BCUT2D eigenvalue weighted by atomic mass is 9.96. The van der Waals surface area contributed by atoms with Gasteiger partial charge in [0.2, 0.25) is 5.13 Å². The first-order valence-corrected chi connectivity index (χ1v) is 6.77. The molecule has 0 bridgehead atoms. The topological polar surface area (TPSA) is 78.9 Å². The molecule has 0 radical (unpaired) electrons. The van der Waals surface area contributed by atoms with E-state index in [0.717, 1.165) is 36.9 Å². The zero-order valence-corrected chi connectivity index (χ0v) is 11.1. The number of anilines is 1. The summed E-state index contributed by atoms with van der Waals surface area (Å²) in [6.07, 6.45) is 1.90. The number of amidine groups is 1. The summed E-state index contributed by atoms with van der Waals surface area (Å²) in [6.45, 7) is 6.07. The van der Waals surface area contributed by atoms with Crippen LogP contribution in [-0.4, -0.2) is 28.3 Å². The second-order valence-corrected chi connectivity index (χ2v) is 5.54. The van der Waals surface area contributed by atoms with E-state index in [1.54, 1.807) is 0 Å². The minimum Gasteiger partial charge on any atom is -0.387 e. The van der Waals surface area contributed by atoms with E-state index < -0.39 is 0 Å². The predicted molar refractivity (Wildman–Crippen MR) is 70.8 cm³/mol. The number of nitrogens with two attached hydrogens (primary N) is 1. The molecule has 0 atom stereocenters. The number of hydrogen-bond acceptors (Lipinski definition) is 5. The largest absolute Gasteiger partial charge is 0.387 e. The van der Waals surface area contributed by atoms with Gasteiger partial charge in [-0.25, -0.2) is 4.98 Å². The monoisotopic (exact) mass is 253 g/mol. The molecule has 2 heterocycles. The molecule has 6 heteroatoms. The maximum absolute atomic E-state index is 7.45. The molecule has 1 aliphatic rings. The molecule has 5 nitrogen and oxygen atoms in total. The van der Waals surface area contributed by atoms with Gasteiger partial charge in [0.25, 0.3) is 0 Å². The second-order valence-electron chi connectivity index (χ2n) is 4.81. The zero-order valence-electron chi connectivity index (χ0n) is 10.3. The van der Waals surface area contributed by atoms with Crippen molar-refractivity contribution in [2.24, 2.45) is 11.7 Å². The van der Waals surface area contributed by atoms with Crippen molar-refractivity contribution in [1.82, 2.24) is 9.36 Å². The van der Waals surface area contributed by atoms with Gasteiger partial charge in [0.1, 0.15) is 5.82 Å². The van der Waals surface area contributed by atoms with Crippen molar-refractivity contribution >= 4 is 22.5 Å². The Balaban J connectivity index is 1.98. The van der Waals surface area contributed by atoms with Crippen LogP contribution in [0.25, 0.3) is 0 Å². The van der Waals surface area contributed by atoms with Gasteiger partial charge in [-0.2, -0.15) is 4.37 Å². The number of piperidine rings is 1. The normalized spacial score (nSPS) is 17.7. The molecule has 17 heavy (non-hydrogen) atoms. The Morgan fingerprint density at radius 1 is 1.47 bits per heavy atom. The molecule has 0 aliphatic carbocycles. The predicted octanol–water partition coefficient (Wildman–Crippen LogP) is 1.81. The van der Waals surface area contributed by atoms with Crippen LogP contribution in [0.1, 0.15) is 38.4 Å². The Hall–Kier alpha value is -1.17. The van der Waals surface area contributed by atoms with Crippen LogP contribution in [0.3, 0.4) is 0 Å². The van der Waals surface area contributed by atoms with Gasteiger partial charge < -0.3 is 10.6 Å². The van der Waals surface area contributed by atoms with E-state index in [2.05, 4.69) is 28.1 Å². The molecule has 1 fully saturated rings. The molecular formula is C11H19N5S. The van der Waals surface area contributed by atoms with E-state index in [9.17, 15) is 0 Å². The van der Waals surface area contributed by atoms with Crippen molar-refractivity contribution in [3.8, 4) is 0 Å². The van der Waals surface area contributed by atoms with Crippen LogP contribution < -0.4 is 10.6 Å². The first-order valence-electron chi connectivity index (χ1n) is 6.00. The molecule has 1 aromatic heterocycles. The van der Waals surface area contributed by atoms with Crippen molar-refractivity contribution in [2.75, 3.05) is 18.0 Å². The standard InChI is InChI=1S/C11H19N5S/c1-7(2)10-14-11(17-15-10)16-5-3-8(4-6-16)9(12)13/h7-8H,3-6H2,1-2H3,(H3,12,13). The minimum absolute atomic E-state index is 0.253. The summed E-state index contributed by atoms with van der Waals surface area (Å²) >= 11 is 1.47. The van der Waals surface area contributed by atoms with Gasteiger partial charge in [-0.1, -0.05) is 13.8 Å². The third-order valence-electron chi connectivity index (χ3n) is 3.15. The lowest BCUT2D eigenvalue weighted by molar-refractivity contribution is 0.497. The highest BCUT2D eigenvalue weighted by Gasteiger charge is 2.23. The zero-order chi connectivity index (χ0) is 12.4. The van der Waals surface area contributed by atoms with Crippen molar-refractivity contribution in [3.05, 3.63) is 5.82 Å². The molecule has 2 rings (SSSR count). The van der Waals surface area contributed by atoms with Crippen LogP contribution in [0.2, 0.25) is 0 Å². The Morgan fingerprint density at radius 2 is 2.12 bits per heavy atom. The van der Waals surface area contributed by atoms with Crippen LogP contribution in [0, 0.1) is 11.3 Å². The van der Waals surface area contributed by atoms with Crippen molar-refractivity contribution < 1.29 is 0 Å². The fourth-order valence-electron chi connectivity index (χ4n) is 1.97. The lowest BCUT2D eigenvalue weighted by Crippen LogP contribution is -2.38. The van der Waals surface area contributed by atoms with Crippen LogP contribution in [0.4, 0.5) is 5.13 Å². The van der Waals surface area contributed by atoms with Gasteiger partial charge in [-0.15, -0.1) is 0 Å². The van der Waals surface area contributed by atoms with E-state index in [4.69, 9.17) is 11.1 Å². The maximum atomic E-state index is 7.45. The Labute approximate surface area is 106 Å². The molecule has 1 aromatic rings. The van der Waals surface area contributed by atoms with E-state index in [-0.39, 0.29) is 5.92 Å². The summed E-state index contributed by atoms with van der Waals surface area (Å²) < 4.78 is 4.37. The summed E-state index contributed by atoms with van der Waals surface area (Å²) in [5.74, 6) is 1.89. The molecular weight excluding hydrogens is 234 g/mol. The minimum atomic E-state index is 0.253. The molecule has 0 spiro atoms. The first-order chi connectivity index (χ1) is 8.08.